The molecule has 2 aromatic rings. The van der Waals surface area contributed by atoms with Crippen LogP contribution in [0.5, 0.6) is 5.75 Å². The number of rotatable bonds is 3. The van der Waals surface area contributed by atoms with Crippen molar-refractivity contribution in [3.8, 4) is 5.75 Å². The minimum Gasteiger partial charge on any atom is -0.496 e. The van der Waals surface area contributed by atoms with Crippen LogP contribution in [0, 0.1) is 6.92 Å². The predicted molar refractivity (Wildman–Crippen MR) is 72.1 cm³/mol. The third-order valence-electron chi connectivity index (χ3n) is 2.51. The number of halogens is 1. The third-order valence-corrected chi connectivity index (χ3v) is 3.59. The van der Waals surface area contributed by atoms with Crippen LogP contribution in [0.15, 0.2) is 18.2 Å². The molecule has 0 fully saturated rings. The number of methoxy groups -OCH3 is 1. The summed E-state index contributed by atoms with van der Waals surface area (Å²) in [7, 11) is 1.65. The monoisotopic (exact) mass is 268 g/mol. The maximum Gasteiger partial charge on any atom is 0.180 e. The van der Waals surface area contributed by atoms with E-state index in [0.29, 0.717) is 16.6 Å². The van der Waals surface area contributed by atoms with Crippen molar-refractivity contribution in [1.82, 2.24) is 4.98 Å². The molecule has 0 saturated heterocycles. The Bertz CT molecular complexity index is 539. The molecule has 0 radical (unpaired) electrons. The van der Waals surface area contributed by atoms with E-state index < -0.39 is 0 Å². The molecule has 90 valence electrons. The molecule has 1 aromatic heterocycles. The Kier molecular flexibility index (Phi) is 3.54. The molecular weight excluding hydrogens is 256 g/mol. The normalized spacial score (nSPS) is 10.5. The fourth-order valence-electron chi connectivity index (χ4n) is 1.68. The molecule has 3 nitrogen and oxygen atoms in total. The van der Waals surface area contributed by atoms with Crippen molar-refractivity contribution >= 4 is 28.1 Å². The summed E-state index contributed by atoms with van der Waals surface area (Å²) in [5, 5.41) is 1.29. The molecule has 0 spiro atoms. The lowest BCUT2D eigenvalue weighted by molar-refractivity contribution is 0.410. The Morgan fingerprint density at radius 2 is 2.24 bits per heavy atom. The number of aromatic nitrogens is 1. The Labute approximate surface area is 109 Å². The van der Waals surface area contributed by atoms with Gasteiger partial charge in [-0.25, -0.2) is 4.98 Å². The van der Waals surface area contributed by atoms with Gasteiger partial charge in [-0.05, 0) is 25.1 Å². The Morgan fingerprint density at radius 3 is 2.82 bits per heavy atom. The van der Waals surface area contributed by atoms with Gasteiger partial charge < -0.3 is 10.5 Å². The van der Waals surface area contributed by atoms with Crippen molar-refractivity contribution in [3.63, 3.8) is 0 Å². The second-order valence-electron chi connectivity index (χ2n) is 3.69. The van der Waals surface area contributed by atoms with Gasteiger partial charge in [-0.1, -0.05) is 11.6 Å². The summed E-state index contributed by atoms with van der Waals surface area (Å²) >= 11 is 7.49. The predicted octanol–water partition coefficient (Wildman–Crippen LogP) is 3.29. The van der Waals surface area contributed by atoms with Crippen molar-refractivity contribution in [2.24, 2.45) is 0 Å². The number of benzene rings is 1. The summed E-state index contributed by atoms with van der Waals surface area (Å²) in [6, 6.07) is 5.57. The number of nitrogens with two attached hydrogens (primary N) is 1. The number of nitrogens with zero attached hydrogens (tertiary/aromatic N) is 1. The number of hydrogen-bond donors (Lipinski definition) is 1. The molecule has 0 saturated carbocycles. The largest absolute Gasteiger partial charge is 0.496 e. The summed E-state index contributed by atoms with van der Waals surface area (Å²) < 4.78 is 5.30. The molecule has 0 unspecified atom stereocenters. The molecule has 0 aliphatic carbocycles. The first-order valence-corrected chi connectivity index (χ1v) is 6.34. The van der Waals surface area contributed by atoms with Crippen LogP contribution in [0.4, 0.5) is 5.13 Å². The lowest BCUT2D eigenvalue weighted by Gasteiger charge is -2.08. The fourth-order valence-corrected chi connectivity index (χ4v) is 2.58. The molecule has 1 heterocycles. The molecule has 0 bridgehead atoms. The van der Waals surface area contributed by atoms with Crippen LogP contribution >= 0.6 is 22.9 Å². The lowest BCUT2D eigenvalue weighted by atomic mass is 10.1. The first-order valence-electron chi connectivity index (χ1n) is 5.14. The van der Waals surface area contributed by atoms with E-state index in [-0.39, 0.29) is 0 Å². The van der Waals surface area contributed by atoms with Crippen molar-refractivity contribution < 1.29 is 4.74 Å². The number of hydrogen-bond acceptors (Lipinski definition) is 4. The minimum absolute atomic E-state index is 0.596. The zero-order valence-corrected chi connectivity index (χ0v) is 11.2. The van der Waals surface area contributed by atoms with Crippen molar-refractivity contribution in [3.05, 3.63) is 39.4 Å². The van der Waals surface area contributed by atoms with Gasteiger partial charge in [0.1, 0.15) is 5.75 Å². The summed E-state index contributed by atoms with van der Waals surface area (Å²) in [5.74, 6) is 0.820. The Balaban J connectivity index is 2.35. The zero-order chi connectivity index (χ0) is 12.4. The maximum atomic E-state index is 5.99. The van der Waals surface area contributed by atoms with Crippen LogP contribution in [0.25, 0.3) is 0 Å². The molecule has 0 atom stereocenters. The Morgan fingerprint density at radius 1 is 1.47 bits per heavy atom. The smallest absolute Gasteiger partial charge is 0.180 e. The average Bonchev–Trinajstić information content (AvgIpc) is 2.58. The van der Waals surface area contributed by atoms with Gasteiger partial charge in [-0.3, -0.25) is 0 Å². The van der Waals surface area contributed by atoms with E-state index in [1.54, 1.807) is 7.11 Å². The number of aryl methyl sites for hydroxylation is 1. The van der Waals surface area contributed by atoms with Gasteiger partial charge in [-0.2, -0.15) is 0 Å². The van der Waals surface area contributed by atoms with Gasteiger partial charge >= 0.3 is 0 Å². The number of ether oxygens (including phenoxy) is 1. The lowest BCUT2D eigenvalue weighted by Crippen LogP contribution is -1.96. The summed E-state index contributed by atoms with van der Waals surface area (Å²) in [5.41, 5.74) is 7.68. The van der Waals surface area contributed by atoms with E-state index in [0.717, 1.165) is 21.9 Å². The van der Waals surface area contributed by atoms with Crippen LogP contribution in [0.1, 0.15) is 16.1 Å². The van der Waals surface area contributed by atoms with E-state index in [4.69, 9.17) is 22.1 Å². The highest BCUT2D eigenvalue weighted by Crippen LogP contribution is 2.28. The summed E-state index contributed by atoms with van der Waals surface area (Å²) in [4.78, 5) is 5.44. The van der Waals surface area contributed by atoms with Crippen LogP contribution in [0.3, 0.4) is 0 Å². The summed E-state index contributed by atoms with van der Waals surface area (Å²) in [6.45, 7) is 2.01. The van der Waals surface area contributed by atoms with Gasteiger partial charge in [0.2, 0.25) is 0 Å². The van der Waals surface area contributed by atoms with Gasteiger partial charge in [-0.15, -0.1) is 11.3 Å². The molecule has 0 aliphatic rings. The molecule has 17 heavy (non-hydrogen) atoms. The number of anilines is 1. The van der Waals surface area contributed by atoms with Crippen LogP contribution in [0.2, 0.25) is 5.02 Å². The molecule has 0 aliphatic heterocycles. The number of thiazole rings is 1. The van der Waals surface area contributed by atoms with E-state index >= 15 is 0 Å². The van der Waals surface area contributed by atoms with Crippen molar-refractivity contribution in [2.75, 3.05) is 12.8 Å². The minimum atomic E-state index is 0.596. The van der Waals surface area contributed by atoms with Crippen LogP contribution in [-0.2, 0) is 6.42 Å². The highest BCUT2D eigenvalue weighted by Gasteiger charge is 2.10. The fraction of sp³-hybridized carbons (Fsp3) is 0.250. The molecule has 1 aromatic carbocycles. The zero-order valence-electron chi connectivity index (χ0n) is 9.66. The highest BCUT2D eigenvalue weighted by atomic mass is 35.5. The van der Waals surface area contributed by atoms with Gasteiger partial charge in [0.15, 0.2) is 5.13 Å². The van der Waals surface area contributed by atoms with Crippen LogP contribution in [-0.4, -0.2) is 12.1 Å². The van der Waals surface area contributed by atoms with Gasteiger partial charge in [0, 0.05) is 21.9 Å². The SMILES string of the molecule is COc1ccc(Cl)cc1Cc1nc(N)sc1C. The Hall–Kier alpha value is -1.26. The second-order valence-corrected chi connectivity index (χ2v) is 5.36. The van der Waals surface area contributed by atoms with E-state index in [2.05, 4.69) is 4.98 Å². The quantitative estimate of drug-likeness (QED) is 0.929. The maximum absolute atomic E-state index is 5.99. The van der Waals surface area contributed by atoms with E-state index in [1.807, 2.05) is 25.1 Å². The standard InChI is InChI=1S/C12H13ClN2OS/c1-7-10(15-12(14)17-7)6-8-5-9(13)3-4-11(8)16-2/h3-5H,6H2,1-2H3,(H2,14,15). The van der Waals surface area contributed by atoms with Crippen molar-refractivity contribution in [2.45, 2.75) is 13.3 Å². The van der Waals surface area contributed by atoms with Gasteiger partial charge in [0.05, 0.1) is 12.8 Å². The first-order chi connectivity index (χ1) is 8.10. The van der Waals surface area contributed by atoms with Crippen molar-refractivity contribution in [1.29, 1.82) is 0 Å². The average molecular weight is 269 g/mol. The molecule has 5 heteroatoms. The first kappa shape index (κ1) is 12.2. The van der Waals surface area contributed by atoms with Crippen LogP contribution < -0.4 is 10.5 Å². The second kappa shape index (κ2) is 4.94. The summed E-state index contributed by atoms with van der Waals surface area (Å²) in [6.07, 6.45) is 0.684. The molecule has 2 N–H and O–H groups in total. The molecular formula is C12H13ClN2OS. The number of nitrogen functional groups attached to an aromatic ring is 1. The highest BCUT2D eigenvalue weighted by molar-refractivity contribution is 7.15. The molecule has 0 amide bonds. The topological polar surface area (TPSA) is 48.1 Å². The molecule has 2 rings (SSSR count). The van der Waals surface area contributed by atoms with E-state index in [1.165, 1.54) is 11.3 Å². The van der Waals surface area contributed by atoms with E-state index in [9.17, 15) is 0 Å². The third kappa shape index (κ3) is 2.70. The van der Waals surface area contributed by atoms with Gasteiger partial charge in [0.25, 0.3) is 0 Å².